The van der Waals surface area contributed by atoms with Crippen LogP contribution in [-0.2, 0) is 0 Å². The normalized spacial score (nSPS) is 15.1. The van der Waals surface area contributed by atoms with Crippen molar-refractivity contribution >= 4 is 23.4 Å². The largest absolute Gasteiger partial charge is 0.351 e. The van der Waals surface area contributed by atoms with E-state index >= 15 is 0 Å². The number of aryl methyl sites for hydroxylation is 1. The number of nitro benzene ring substituents is 1. The Morgan fingerprint density at radius 1 is 1.43 bits per heavy atom. The number of rotatable bonds is 6. The maximum Gasteiger partial charge on any atom is 0.272 e. The number of carbonyl (C=O) groups is 1. The summed E-state index contributed by atoms with van der Waals surface area (Å²) >= 11 is 1.93. The number of nitrogens with one attached hydrogen (secondary N) is 1. The van der Waals surface area contributed by atoms with E-state index in [2.05, 4.69) is 5.32 Å². The van der Waals surface area contributed by atoms with Crippen molar-refractivity contribution in [2.45, 2.75) is 37.9 Å². The van der Waals surface area contributed by atoms with Crippen LogP contribution in [0.4, 0.5) is 5.69 Å². The van der Waals surface area contributed by atoms with Gasteiger partial charge in [0, 0.05) is 34.7 Å². The molecule has 1 aliphatic carbocycles. The van der Waals surface area contributed by atoms with Gasteiger partial charge in [0.2, 0.25) is 0 Å². The first-order chi connectivity index (χ1) is 10.1. The highest BCUT2D eigenvalue weighted by atomic mass is 32.2. The molecule has 0 spiro atoms. The molecule has 2 rings (SSSR count). The Balaban J connectivity index is 1.80. The molecule has 114 valence electrons. The van der Waals surface area contributed by atoms with Gasteiger partial charge >= 0.3 is 0 Å². The summed E-state index contributed by atoms with van der Waals surface area (Å²) in [6, 6.07) is 4.46. The van der Waals surface area contributed by atoms with Gasteiger partial charge in [-0.05, 0) is 31.9 Å². The van der Waals surface area contributed by atoms with Crippen molar-refractivity contribution in [3.05, 3.63) is 39.4 Å². The molecule has 1 N–H and O–H groups in total. The standard InChI is InChI=1S/C15H20N2O3S/c1-11-10-12(6-7-14(11)17(19)20)15(18)16-8-9-21-13-4-2-3-5-13/h6-7,10,13H,2-5,8-9H2,1H3,(H,16,18). The smallest absolute Gasteiger partial charge is 0.272 e. The summed E-state index contributed by atoms with van der Waals surface area (Å²) in [5.74, 6) is 0.752. The van der Waals surface area contributed by atoms with Crippen LogP contribution in [0, 0.1) is 17.0 Å². The third kappa shape index (κ3) is 4.46. The van der Waals surface area contributed by atoms with Gasteiger partial charge in [0.25, 0.3) is 11.6 Å². The summed E-state index contributed by atoms with van der Waals surface area (Å²) in [5.41, 5.74) is 1.03. The number of hydrogen-bond acceptors (Lipinski definition) is 4. The summed E-state index contributed by atoms with van der Waals surface area (Å²) in [4.78, 5) is 22.3. The fraction of sp³-hybridized carbons (Fsp3) is 0.533. The van der Waals surface area contributed by atoms with E-state index in [0.29, 0.717) is 17.7 Å². The molecule has 1 amide bonds. The molecule has 1 aliphatic rings. The molecule has 0 saturated heterocycles. The quantitative estimate of drug-likeness (QED) is 0.497. The molecular weight excluding hydrogens is 288 g/mol. The monoisotopic (exact) mass is 308 g/mol. The zero-order chi connectivity index (χ0) is 15.2. The van der Waals surface area contributed by atoms with Crippen molar-refractivity contribution in [2.75, 3.05) is 12.3 Å². The molecule has 1 saturated carbocycles. The second kappa shape index (κ2) is 7.45. The van der Waals surface area contributed by atoms with E-state index in [-0.39, 0.29) is 11.6 Å². The molecule has 1 aromatic rings. The van der Waals surface area contributed by atoms with Crippen molar-refractivity contribution in [1.82, 2.24) is 5.32 Å². The lowest BCUT2D eigenvalue weighted by Gasteiger charge is -2.09. The van der Waals surface area contributed by atoms with Crippen LogP contribution in [0.15, 0.2) is 18.2 Å². The molecule has 21 heavy (non-hydrogen) atoms. The van der Waals surface area contributed by atoms with Gasteiger partial charge in [-0.3, -0.25) is 14.9 Å². The minimum absolute atomic E-state index is 0.0448. The summed E-state index contributed by atoms with van der Waals surface area (Å²) in [6.45, 7) is 2.28. The highest BCUT2D eigenvalue weighted by Crippen LogP contribution is 2.28. The van der Waals surface area contributed by atoms with E-state index in [1.54, 1.807) is 13.0 Å². The average Bonchev–Trinajstić information content (AvgIpc) is 2.96. The van der Waals surface area contributed by atoms with Gasteiger partial charge in [-0.15, -0.1) is 0 Å². The summed E-state index contributed by atoms with van der Waals surface area (Å²) < 4.78 is 0. The van der Waals surface area contributed by atoms with E-state index in [4.69, 9.17) is 0 Å². The molecule has 0 unspecified atom stereocenters. The topological polar surface area (TPSA) is 72.2 Å². The lowest BCUT2D eigenvalue weighted by molar-refractivity contribution is -0.385. The second-order valence-corrected chi connectivity index (χ2v) is 6.70. The molecule has 1 aromatic carbocycles. The SMILES string of the molecule is Cc1cc(C(=O)NCCSC2CCCC2)ccc1[N+](=O)[O-]. The Hall–Kier alpha value is -1.56. The molecule has 0 aromatic heterocycles. The highest BCUT2D eigenvalue weighted by Gasteiger charge is 2.16. The number of carbonyl (C=O) groups excluding carboxylic acids is 1. The Bertz CT molecular complexity index is 528. The maximum atomic E-state index is 12.0. The molecule has 0 bridgehead atoms. The third-order valence-corrected chi connectivity index (χ3v) is 5.08. The van der Waals surface area contributed by atoms with Crippen LogP contribution < -0.4 is 5.32 Å². The number of amides is 1. The van der Waals surface area contributed by atoms with Crippen LogP contribution in [0.1, 0.15) is 41.6 Å². The average molecular weight is 308 g/mol. The number of hydrogen-bond donors (Lipinski definition) is 1. The van der Waals surface area contributed by atoms with Crippen LogP contribution in [0.5, 0.6) is 0 Å². The lowest BCUT2D eigenvalue weighted by Crippen LogP contribution is -2.26. The molecule has 1 fully saturated rings. The van der Waals surface area contributed by atoms with Crippen LogP contribution in [0.25, 0.3) is 0 Å². The fourth-order valence-corrected chi connectivity index (χ4v) is 3.77. The van der Waals surface area contributed by atoms with E-state index in [9.17, 15) is 14.9 Å². The first-order valence-corrected chi connectivity index (χ1v) is 8.27. The second-order valence-electron chi connectivity index (χ2n) is 5.29. The van der Waals surface area contributed by atoms with Gasteiger partial charge in [-0.2, -0.15) is 11.8 Å². The minimum Gasteiger partial charge on any atom is -0.351 e. The Morgan fingerprint density at radius 3 is 2.76 bits per heavy atom. The van der Waals surface area contributed by atoms with Crippen molar-refractivity contribution in [1.29, 1.82) is 0 Å². The first kappa shape index (κ1) is 15.8. The summed E-state index contributed by atoms with van der Waals surface area (Å²) in [5, 5.41) is 14.4. The number of thioether (sulfide) groups is 1. The molecule has 6 heteroatoms. The van der Waals surface area contributed by atoms with Gasteiger partial charge in [-0.1, -0.05) is 12.8 Å². The van der Waals surface area contributed by atoms with Crippen LogP contribution >= 0.6 is 11.8 Å². The first-order valence-electron chi connectivity index (χ1n) is 7.23. The number of benzene rings is 1. The van der Waals surface area contributed by atoms with E-state index < -0.39 is 4.92 Å². The maximum absolute atomic E-state index is 12.0. The van der Waals surface area contributed by atoms with Gasteiger partial charge in [0.05, 0.1) is 4.92 Å². The van der Waals surface area contributed by atoms with Gasteiger partial charge in [0.1, 0.15) is 0 Å². The molecule has 0 atom stereocenters. The van der Waals surface area contributed by atoms with E-state index in [1.165, 1.54) is 37.8 Å². The zero-order valence-corrected chi connectivity index (χ0v) is 12.9. The summed E-state index contributed by atoms with van der Waals surface area (Å²) in [7, 11) is 0. The van der Waals surface area contributed by atoms with E-state index in [1.807, 2.05) is 11.8 Å². The van der Waals surface area contributed by atoms with Crippen molar-refractivity contribution < 1.29 is 9.72 Å². The Morgan fingerprint density at radius 2 is 2.14 bits per heavy atom. The predicted octanol–water partition coefficient (Wildman–Crippen LogP) is 3.31. The van der Waals surface area contributed by atoms with Crippen molar-refractivity contribution in [2.24, 2.45) is 0 Å². The van der Waals surface area contributed by atoms with Crippen LogP contribution in [-0.4, -0.2) is 28.4 Å². The molecular formula is C15H20N2O3S. The number of nitro groups is 1. The fourth-order valence-electron chi connectivity index (χ4n) is 2.55. The summed E-state index contributed by atoms with van der Waals surface area (Å²) in [6.07, 6.45) is 5.23. The third-order valence-electron chi connectivity index (χ3n) is 3.70. The van der Waals surface area contributed by atoms with Gasteiger partial charge in [0.15, 0.2) is 0 Å². The molecule has 5 nitrogen and oxygen atoms in total. The minimum atomic E-state index is -0.435. The van der Waals surface area contributed by atoms with Crippen molar-refractivity contribution in [3.8, 4) is 0 Å². The Kier molecular flexibility index (Phi) is 5.61. The predicted molar refractivity (Wildman–Crippen MR) is 84.9 cm³/mol. The number of nitrogens with zero attached hydrogens (tertiary/aromatic N) is 1. The molecule has 0 radical (unpaired) electrons. The zero-order valence-electron chi connectivity index (χ0n) is 12.1. The Labute approximate surface area is 128 Å². The van der Waals surface area contributed by atoms with Gasteiger partial charge < -0.3 is 5.32 Å². The lowest BCUT2D eigenvalue weighted by atomic mass is 10.1. The van der Waals surface area contributed by atoms with Crippen LogP contribution in [0.2, 0.25) is 0 Å². The molecule has 0 aliphatic heterocycles. The highest BCUT2D eigenvalue weighted by molar-refractivity contribution is 7.99. The van der Waals surface area contributed by atoms with Crippen molar-refractivity contribution in [3.63, 3.8) is 0 Å². The van der Waals surface area contributed by atoms with Gasteiger partial charge in [-0.25, -0.2) is 0 Å². The molecule has 0 heterocycles. The van der Waals surface area contributed by atoms with Crippen LogP contribution in [0.3, 0.4) is 0 Å². The van der Waals surface area contributed by atoms with E-state index in [0.717, 1.165) is 11.0 Å².